The van der Waals surface area contributed by atoms with Crippen molar-refractivity contribution in [1.82, 2.24) is 10.3 Å². The molecule has 0 bridgehead atoms. The smallest absolute Gasteiger partial charge is 0.110 e. The summed E-state index contributed by atoms with van der Waals surface area (Å²) in [6.45, 7) is 3.30. The van der Waals surface area contributed by atoms with Gasteiger partial charge in [0, 0.05) is 11.1 Å². The van der Waals surface area contributed by atoms with Crippen molar-refractivity contribution in [3.05, 3.63) is 16.1 Å². The molecule has 0 saturated heterocycles. The maximum absolute atomic E-state index is 4.63. The van der Waals surface area contributed by atoms with Crippen LogP contribution in [0.2, 0.25) is 0 Å². The van der Waals surface area contributed by atoms with E-state index in [2.05, 4.69) is 22.6 Å². The third kappa shape index (κ3) is 2.40. The van der Waals surface area contributed by atoms with Gasteiger partial charge in [-0.3, -0.25) is 0 Å². The highest BCUT2D eigenvalue weighted by Crippen LogP contribution is 2.42. The van der Waals surface area contributed by atoms with Gasteiger partial charge >= 0.3 is 0 Å². The molecule has 0 radical (unpaired) electrons. The normalized spacial score (nSPS) is 23.0. The number of nitrogens with zero attached hydrogens (tertiary/aromatic N) is 1. The standard InChI is InChI=1S/C12H18N2S/c1-8-7-15-12(14-8)11(10-4-5-10)13-6-9-2-3-9/h7,9-11,13H,2-6H2,1H3/t11-/m0/s1. The zero-order chi connectivity index (χ0) is 10.3. The fourth-order valence-corrected chi connectivity index (χ4v) is 2.98. The number of thiazole rings is 1. The Kier molecular flexibility index (Phi) is 2.53. The van der Waals surface area contributed by atoms with E-state index in [1.807, 2.05) is 11.3 Å². The maximum Gasteiger partial charge on any atom is 0.110 e. The van der Waals surface area contributed by atoms with Crippen LogP contribution in [0, 0.1) is 18.8 Å². The lowest BCUT2D eigenvalue weighted by Crippen LogP contribution is -2.25. The van der Waals surface area contributed by atoms with E-state index in [1.165, 1.54) is 42.9 Å². The summed E-state index contributed by atoms with van der Waals surface area (Å²) in [7, 11) is 0. The summed E-state index contributed by atoms with van der Waals surface area (Å²) < 4.78 is 0. The lowest BCUT2D eigenvalue weighted by molar-refractivity contribution is 0.466. The highest BCUT2D eigenvalue weighted by molar-refractivity contribution is 7.09. The van der Waals surface area contributed by atoms with Crippen molar-refractivity contribution in [3.8, 4) is 0 Å². The summed E-state index contributed by atoms with van der Waals surface area (Å²) in [5.74, 6) is 1.83. The zero-order valence-electron chi connectivity index (χ0n) is 9.20. The second kappa shape index (κ2) is 3.87. The Hall–Kier alpha value is -0.410. The Morgan fingerprint density at radius 1 is 1.47 bits per heavy atom. The second-order valence-corrected chi connectivity index (χ2v) is 5.88. The van der Waals surface area contributed by atoms with Crippen LogP contribution in [0.25, 0.3) is 0 Å². The zero-order valence-corrected chi connectivity index (χ0v) is 10.0. The van der Waals surface area contributed by atoms with Gasteiger partial charge in [0.25, 0.3) is 0 Å². The molecule has 1 aromatic heterocycles. The second-order valence-electron chi connectivity index (χ2n) is 4.99. The number of rotatable bonds is 5. The van der Waals surface area contributed by atoms with Crippen LogP contribution < -0.4 is 5.32 Å². The predicted octanol–water partition coefficient (Wildman–Crippen LogP) is 2.90. The minimum Gasteiger partial charge on any atom is -0.307 e. The average molecular weight is 222 g/mol. The molecule has 2 fully saturated rings. The van der Waals surface area contributed by atoms with E-state index in [4.69, 9.17) is 0 Å². The summed E-state index contributed by atoms with van der Waals surface area (Å²) >= 11 is 1.82. The summed E-state index contributed by atoms with van der Waals surface area (Å²) in [4.78, 5) is 4.63. The third-order valence-corrected chi connectivity index (χ3v) is 4.37. The molecule has 82 valence electrons. The highest BCUT2D eigenvalue weighted by Gasteiger charge is 2.35. The van der Waals surface area contributed by atoms with Crippen molar-refractivity contribution in [1.29, 1.82) is 0 Å². The van der Waals surface area contributed by atoms with Crippen LogP contribution in [0.1, 0.15) is 42.4 Å². The lowest BCUT2D eigenvalue weighted by atomic mass is 10.2. The van der Waals surface area contributed by atoms with Gasteiger partial charge in [-0.25, -0.2) is 4.98 Å². The molecule has 1 aromatic rings. The molecule has 0 aromatic carbocycles. The molecule has 1 heterocycles. The predicted molar refractivity (Wildman–Crippen MR) is 63.0 cm³/mol. The van der Waals surface area contributed by atoms with E-state index in [9.17, 15) is 0 Å². The van der Waals surface area contributed by atoms with Crippen LogP contribution in [-0.2, 0) is 0 Å². The Balaban J connectivity index is 1.66. The van der Waals surface area contributed by atoms with Crippen LogP contribution in [-0.4, -0.2) is 11.5 Å². The topological polar surface area (TPSA) is 24.9 Å². The third-order valence-electron chi connectivity index (χ3n) is 3.32. The van der Waals surface area contributed by atoms with E-state index in [0.29, 0.717) is 6.04 Å². The summed E-state index contributed by atoms with van der Waals surface area (Å²) in [5, 5.41) is 7.21. The van der Waals surface area contributed by atoms with Crippen molar-refractivity contribution in [2.24, 2.45) is 11.8 Å². The number of aryl methyl sites for hydroxylation is 1. The Morgan fingerprint density at radius 3 is 2.80 bits per heavy atom. The molecule has 1 atom stereocenters. The van der Waals surface area contributed by atoms with Gasteiger partial charge in [-0.15, -0.1) is 11.3 Å². The maximum atomic E-state index is 4.63. The first-order valence-corrected chi connectivity index (χ1v) is 6.86. The van der Waals surface area contributed by atoms with Gasteiger partial charge in [-0.1, -0.05) is 0 Å². The fraction of sp³-hybridized carbons (Fsp3) is 0.750. The Bertz CT molecular complexity index is 339. The van der Waals surface area contributed by atoms with Crippen LogP contribution in [0.3, 0.4) is 0 Å². The largest absolute Gasteiger partial charge is 0.307 e. The highest BCUT2D eigenvalue weighted by atomic mass is 32.1. The van der Waals surface area contributed by atoms with Gasteiger partial charge in [0.15, 0.2) is 0 Å². The Labute approximate surface area is 95.1 Å². The number of hydrogen-bond acceptors (Lipinski definition) is 3. The molecular formula is C12H18N2S. The van der Waals surface area contributed by atoms with Crippen molar-refractivity contribution in [2.75, 3.05) is 6.54 Å². The van der Waals surface area contributed by atoms with Gasteiger partial charge in [0.1, 0.15) is 5.01 Å². The SMILES string of the molecule is Cc1csc([C@@H](NCC2CC2)C2CC2)n1. The van der Waals surface area contributed by atoms with Crippen molar-refractivity contribution in [3.63, 3.8) is 0 Å². The quantitative estimate of drug-likeness (QED) is 0.828. The monoisotopic (exact) mass is 222 g/mol. The summed E-state index contributed by atoms with van der Waals surface area (Å²) in [5.41, 5.74) is 1.17. The van der Waals surface area contributed by atoms with Crippen LogP contribution in [0.15, 0.2) is 5.38 Å². The lowest BCUT2D eigenvalue weighted by Gasteiger charge is -2.15. The molecule has 2 nitrogen and oxygen atoms in total. The molecule has 3 rings (SSSR count). The van der Waals surface area contributed by atoms with Crippen molar-refractivity contribution in [2.45, 2.75) is 38.6 Å². The minimum atomic E-state index is 0.560. The average Bonchev–Trinajstić information content (AvgIpc) is 3.09. The van der Waals surface area contributed by atoms with Crippen molar-refractivity contribution < 1.29 is 0 Å². The molecule has 15 heavy (non-hydrogen) atoms. The molecule has 3 heteroatoms. The first-order valence-electron chi connectivity index (χ1n) is 5.98. The van der Waals surface area contributed by atoms with Crippen LogP contribution in [0.4, 0.5) is 0 Å². The van der Waals surface area contributed by atoms with Gasteiger partial charge in [0.05, 0.1) is 6.04 Å². The van der Waals surface area contributed by atoms with Gasteiger partial charge < -0.3 is 5.32 Å². The fourth-order valence-electron chi connectivity index (χ4n) is 2.02. The van der Waals surface area contributed by atoms with Crippen LogP contribution in [0.5, 0.6) is 0 Å². The molecule has 2 aliphatic carbocycles. The molecule has 0 amide bonds. The first kappa shape index (κ1) is 9.79. The molecule has 0 unspecified atom stereocenters. The summed E-state index contributed by atoms with van der Waals surface area (Å²) in [6, 6.07) is 0.560. The van der Waals surface area contributed by atoms with Gasteiger partial charge in [-0.05, 0) is 51.0 Å². The van der Waals surface area contributed by atoms with E-state index < -0.39 is 0 Å². The molecular weight excluding hydrogens is 204 g/mol. The number of nitrogens with one attached hydrogen (secondary N) is 1. The first-order chi connectivity index (χ1) is 7.33. The van der Waals surface area contributed by atoms with E-state index in [-0.39, 0.29) is 0 Å². The van der Waals surface area contributed by atoms with E-state index in [0.717, 1.165) is 11.8 Å². The summed E-state index contributed by atoms with van der Waals surface area (Å²) in [6.07, 6.45) is 5.64. The molecule has 0 aliphatic heterocycles. The molecule has 1 N–H and O–H groups in total. The van der Waals surface area contributed by atoms with Gasteiger partial charge in [-0.2, -0.15) is 0 Å². The van der Waals surface area contributed by atoms with E-state index >= 15 is 0 Å². The van der Waals surface area contributed by atoms with Crippen molar-refractivity contribution >= 4 is 11.3 Å². The van der Waals surface area contributed by atoms with E-state index in [1.54, 1.807) is 0 Å². The van der Waals surface area contributed by atoms with Gasteiger partial charge in [0.2, 0.25) is 0 Å². The molecule has 0 spiro atoms. The van der Waals surface area contributed by atoms with Crippen LogP contribution >= 0.6 is 11.3 Å². The Morgan fingerprint density at radius 2 is 2.27 bits per heavy atom. The molecule has 2 saturated carbocycles. The molecule has 2 aliphatic rings. The number of aromatic nitrogens is 1. The number of hydrogen-bond donors (Lipinski definition) is 1. The minimum absolute atomic E-state index is 0.560.